The van der Waals surface area contributed by atoms with Crippen LogP contribution in [0, 0.1) is 0 Å². The number of rotatable bonds is 9. The Bertz CT molecular complexity index is 971. The summed E-state index contributed by atoms with van der Waals surface area (Å²) in [6.45, 7) is 0.193. The van der Waals surface area contributed by atoms with Crippen LogP contribution in [0.5, 0.6) is 23.0 Å². The van der Waals surface area contributed by atoms with Crippen molar-refractivity contribution in [2.45, 2.75) is 6.54 Å². The molecule has 0 atom stereocenters. The Balaban J connectivity index is 1.55. The number of carbonyl (C=O) groups excluding carboxylic acids is 1. The van der Waals surface area contributed by atoms with E-state index in [1.807, 2.05) is 54.6 Å². The van der Waals surface area contributed by atoms with Crippen LogP contribution in [0.1, 0.15) is 5.56 Å². The molecule has 0 saturated heterocycles. The van der Waals surface area contributed by atoms with Crippen molar-refractivity contribution < 1.29 is 23.7 Å². The Morgan fingerprint density at radius 3 is 2.00 bits per heavy atom. The first-order valence-electron chi connectivity index (χ1n) is 9.48. The standard InChI is InChI=1S/C24H25NO5/c1-27-21-14-23(29-3)22(28-2)13-19(21)15-25-24(26)16-30-20-11-9-18(10-12-20)17-7-5-4-6-8-17/h4-14H,15-16H2,1-3H3,(H,25,26). The minimum Gasteiger partial charge on any atom is -0.496 e. The summed E-state index contributed by atoms with van der Waals surface area (Å²) in [4.78, 5) is 12.2. The quantitative estimate of drug-likeness (QED) is 0.579. The fraction of sp³-hybridized carbons (Fsp3) is 0.208. The lowest BCUT2D eigenvalue weighted by atomic mass is 10.1. The molecular formula is C24H25NO5. The molecule has 156 valence electrons. The third-order valence-corrected chi connectivity index (χ3v) is 4.59. The van der Waals surface area contributed by atoms with Gasteiger partial charge in [0.25, 0.3) is 5.91 Å². The summed E-state index contributed by atoms with van der Waals surface area (Å²) >= 11 is 0. The number of hydrogen-bond donors (Lipinski definition) is 1. The molecule has 1 amide bonds. The molecule has 3 aromatic rings. The zero-order chi connectivity index (χ0) is 21.3. The van der Waals surface area contributed by atoms with Crippen LogP contribution in [0.15, 0.2) is 66.7 Å². The van der Waals surface area contributed by atoms with Crippen LogP contribution in [0.4, 0.5) is 0 Å². The summed E-state index contributed by atoms with van der Waals surface area (Å²) in [5.74, 6) is 2.13. The molecule has 0 aliphatic heterocycles. The predicted octanol–water partition coefficient (Wildman–Crippen LogP) is 4.07. The summed E-state index contributed by atoms with van der Waals surface area (Å²) < 4.78 is 21.6. The Labute approximate surface area is 176 Å². The molecule has 0 radical (unpaired) electrons. The smallest absolute Gasteiger partial charge is 0.258 e. The lowest BCUT2D eigenvalue weighted by Gasteiger charge is -2.14. The number of methoxy groups -OCH3 is 3. The highest BCUT2D eigenvalue weighted by Gasteiger charge is 2.13. The number of hydrogen-bond acceptors (Lipinski definition) is 5. The molecule has 0 heterocycles. The van der Waals surface area contributed by atoms with Gasteiger partial charge >= 0.3 is 0 Å². The van der Waals surface area contributed by atoms with Gasteiger partial charge in [-0.3, -0.25) is 4.79 Å². The normalized spacial score (nSPS) is 10.2. The summed E-state index contributed by atoms with van der Waals surface area (Å²) in [5.41, 5.74) is 2.99. The largest absolute Gasteiger partial charge is 0.496 e. The van der Waals surface area contributed by atoms with Crippen molar-refractivity contribution in [2.24, 2.45) is 0 Å². The van der Waals surface area contributed by atoms with Gasteiger partial charge in [0.15, 0.2) is 18.1 Å². The maximum absolute atomic E-state index is 12.2. The fourth-order valence-electron chi connectivity index (χ4n) is 3.00. The Kier molecular flexibility index (Phi) is 7.16. The first-order valence-corrected chi connectivity index (χ1v) is 9.48. The fourth-order valence-corrected chi connectivity index (χ4v) is 3.00. The molecule has 3 rings (SSSR count). The third-order valence-electron chi connectivity index (χ3n) is 4.59. The molecule has 0 saturated carbocycles. The molecule has 6 nitrogen and oxygen atoms in total. The SMILES string of the molecule is COc1cc(OC)c(OC)cc1CNC(=O)COc1ccc(-c2ccccc2)cc1. The highest BCUT2D eigenvalue weighted by molar-refractivity contribution is 5.77. The van der Waals surface area contributed by atoms with Gasteiger partial charge in [-0.05, 0) is 29.3 Å². The van der Waals surface area contributed by atoms with E-state index in [0.29, 0.717) is 23.0 Å². The van der Waals surface area contributed by atoms with Gasteiger partial charge in [-0.1, -0.05) is 42.5 Å². The Hall–Kier alpha value is -3.67. The van der Waals surface area contributed by atoms with Gasteiger partial charge in [-0.25, -0.2) is 0 Å². The van der Waals surface area contributed by atoms with Crippen LogP contribution in [-0.4, -0.2) is 33.8 Å². The molecule has 0 unspecified atom stereocenters. The maximum Gasteiger partial charge on any atom is 0.258 e. The number of nitrogens with one attached hydrogen (secondary N) is 1. The minimum absolute atomic E-state index is 0.0830. The lowest BCUT2D eigenvalue weighted by molar-refractivity contribution is -0.123. The van der Waals surface area contributed by atoms with Gasteiger partial charge in [0.2, 0.25) is 0 Å². The van der Waals surface area contributed by atoms with Crippen LogP contribution < -0.4 is 24.3 Å². The Morgan fingerprint density at radius 1 is 0.767 bits per heavy atom. The van der Waals surface area contributed by atoms with Crippen molar-refractivity contribution in [3.05, 3.63) is 72.3 Å². The van der Waals surface area contributed by atoms with Gasteiger partial charge in [-0.15, -0.1) is 0 Å². The van der Waals surface area contributed by atoms with Crippen LogP contribution in [0.2, 0.25) is 0 Å². The van der Waals surface area contributed by atoms with E-state index in [9.17, 15) is 4.79 Å². The monoisotopic (exact) mass is 407 g/mol. The van der Waals surface area contributed by atoms with E-state index < -0.39 is 0 Å². The lowest BCUT2D eigenvalue weighted by Crippen LogP contribution is -2.28. The minimum atomic E-state index is -0.237. The molecule has 30 heavy (non-hydrogen) atoms. The molecular weight excluding hydrogens is 382 g/mol. The highest BCUT2D eigenvalue weighted by atomic mass is 16.5. The van der Waals surface area contributed by atoms with E-state index in [0.717, 1.165) is 16.7 Å². The van der Waals surface area contributed by atoms with E-state index >= 15 is 0 Å². The second kappa shape index (κ2) is 10.2. The van der Waals surface area contributed by atoms with E-state index in [1.165, 1.54) is 0 Å². The van der Waals surface area contributed by atoms with E-state index in [4.69, 9.17) is 18.9 Å². The molecule has 0 fully saturated rings. The van der Waals surface area contributed by atoms with Crippen LogP contribution >= 0.6 is 0 Å². The van der Waals surface area contributed by atoms with Gasteiger partial charge in [0.1, 0.15) is 11.5 Å². The average Bonchev–Trinajstić information content (AvgIpc) is 2.81. The first kappa shape index (κ1) is 21.0. The molecule has 3 aromatic carbocycles. The van der Waals surface area contributed by atoms with Gasteiger partial charge in [0.05, 0.1) is 21.3 Å². The van der Waals surface area contributed by atoms with Crippen molar-refractivity contribution in [1.82, 2.24) is 5.32 Å². The number of carbonyl (C=O) groups is 1. The number of benzene rings is 3. The van der Waals surface area contributed by atoms with E-state index in [-0.39, 0.29) is 19.1 Å². The average molecular weight is 407 g/mol. The molecule has 0 bridgehead atoms. The zero-order valence-electron chi connectivity index (χ0n) is 17.3. The van der Waals surface area contributed by atoms with Crippen molar-refractivity contribution in [1.29, 1.82) is 0 Å². The van der Waals surface area contributed by atoms with Gasteiger partial charge in [0, 0.05) is 18.2 Å². The summed E-state index contributed by atoms with van der Waals surface area (Å²) in [6.07, 6.45) is 0. The maximum atomic E-state index is 12.2. The van der Waals surface area contributed by atoms with Crippen molar-refractivity contribution >= 4 is 5.91 Å². The molecule has 0 aliphatic rings. The first-order chi connectivity index (χ1) is 14.6. The second-order valence-electron chi connectivity index (χ2n) is 6.47. The topological polar surface area (TPSA) is 66.0 Å². The zero-order valence-corrected chi connectivity index (χ0v) is 17.3. The molecule has 0 aliphatic carbocycles. The van der Waals surface area contributed by atoms with Gasteiger partial charge in [-0.2, -0.15) is 0 Å². The summed E-state index contributed by atoms with van der Waals surface area (Å²) in [7, 11) is 4.68. The van der Waals surface area contributed by atoms with Crippen LogP contribution in [0.3, 0.4) is 0 Å². The van der Waals surface area contributed by atoms with E-state index in [2.05, 4.69) is 5.32 Å². The third kappa shape index (κ3) is 5.23. The Morgan fingerprint density at radius 2 is 1.37 bits per heavy atom. The van der Waals surface area contributed by atoms with E-state index in [1.54, 1.807) is 33.5 Å². The molecule has 0 spiro atoms. The highest BCUT2D eigenvalue weighted by Crippen LogP contribution is 2.34. The van der Waals surface area contributed by atoms with Crippen molar-refractivity contribution in [2.75, 3.05) is 27.9 Å². The van der Waals surface area contributed by atoms with Crippen LogP contribution in [0.25, 0.3) is 11.1 Å². The van der Waals surface area contributed by atoms with Crippen LogP contribution in [-0.2, 0) is 11.3 Å². The summed E-state index contributed by atoms with van der Waals surface area (Å²) in [6, 6.07) is 21.2. The summed E-state index contributed by atoms with van der Waals surface area (Å²) in [5, 5.41) is 2.83. The van der Waals surface area contributed by atoms with Gasteiger partial charge < -0.3 is 24.3 Å². The number of amides is 1. The molecule has 0 aromatic heterocycles. The molecule has 6 heteroatoms. The van der Waals surface area contributed by atoms with Crippen molar-refractivity contribution in [3.8, 4) is 34.1 Å². The number of ether oxygens (including phenoxy) is 4. The molecule has 1 N–H and O–H groups in total. The predicted molar refractivity (Wildman–Crippen MR) is 115 cm³/mol. The second-order valence-corrected chi connectivity index (χ2v) is 6.47. The van der Waals surface area contributed by atoms with Crippen molar-refractivity contribution in [3.63, 3.8) is 0 Å².